The first-order valence-electron chi connectivity index (χ1n) is 13.3. The van der Waals surface area contributed by atoms with Gasteiger partial charge in [0.2, 0.25) is 0 Å². The van der Waals surface area contributed by atoms with Crippen LogP contribution in [-0.2, 0) is 21.7 Å². The van der Waals surface area contributed by atoms with Crippen molar-refractivity contribution in [2.24, 2.45) is 5.92 Å². The molecule has 4 heteroatoms. The standard InChI is InChI=1S/C33H34O4/c1-2-29(25-15-12-20-28(21-25)36-23-24-13-6-3-7-14-24)31-30(34)22-33(37-32(31)35,26-16-8-4-9-17-26)27-18-10-5-11-19-27/h2-4,6-9,12-17,20-21,27,34H,5,10-11,18-19,22-23H2,1H3. The van der Waals surface area contributed by atoms with Gasteiger partial charge in [-0.3, -0.25) is 0 Å². The molecule has 0 amide bonds. The molecule has 0 aromatic heterocycles. The van der Waals surface area contributed by atoms with Gasteiger partial charge in [0.1, 0.15) is 29.3 Å². The molecular formula is C33H34O4. The number of cyclic esters (lactones) is 1. The molecule has 0 radical (unpaired) electrons. The molecule has 0 spiro atoms. The summed E-state index contributed by atoms with van der Waals surface area (Å²) in [5, 5.41) is 11.5. The highest BCUT2D eigenvalue weighted by Gasteiger charge is 2.49. The molecule has 1 saturated carbocycles. The number of aliphatic hydroxyl groups excluding tert-OH is 1. The zero-order chi connectivity index (χ0) is 25.7. The molecule has 1 fully saturated rings. The summed E-state index contributed by atoms with van der Waals surface area (Å²) in [6.07, 6.45) is 7.55. The van der Waals surface area contributed by atoms with E-state index in [1.807, 2.05) is 97.9 Å². The predicted octanol–water partition coefficient (Wildman–Crippen LogP) is 7.90. The van der Waals surface area contributed by atoms with Crippen LogP contribution in [-0.4, -0.2) is 11.1 Å². The molecule has 4 nitrogen and oxygen atoms in total. The Morgan fingerprint density at radius 1 is 0.973 bits per heavy atom. The zero-order valence-electron chi connectivity index (χ0n) is 21.4. The lowest BCUT2D eigenvalue weighted by atomic mass is 9.70. The summed E-state index contributed by atoms with van der Waals surface area (Å²) in [6, 6.07) is 27.6. The van der Waals surface area contributed by atoms with E-state index < -0.39 is 11.6 Å². The minimum atomic E-state index is -0.841. The largest absolute Gasteiger partial charge is 0.511 e. The van der Waals surface area contributed by atoms with Crippen molar-refractivity contribution in [3.05, 3.63) is 119 Å². The summed E-state index contributed by atoms with van der Waals surface area (Å²) in [5.74, 6) is 0.502. The first-order chi connectivity index (χ1) is 18.1. The molecule has 1 unspecified atom stereocenters. The molecule has 0 bridgehead atoms. The smallest absolute Gasteiger partial charge is 0.343 e. The number of ether oxygens (including phenoxy) is 2. The molecule has 2 aliphatic rings. The lowest BCUT2D eigenvalue weighted by molar-refractivity contribution is -0.169. The predicted molar refractivity (Wildman–Crippen MR) is 146 cm³/mol. The number of carbonyl (C=O) groups is 1. The molecule has 3 aromatic carbocycles. The number of allylic oxidation sites excluding steroid dienone is 1. The molecule has 5 rings (SSSR count). The number of aliphatic hydroxyl groups is 1. The molecular weight excluding hydrogens is 460 g/mol. The second-order valence-corrected chi connectivity index (χ2v) is 9.98. The maximum absolute atomic E-state index is 13.7. The van der Waals surface area contributed by atoms with Crippen molar-refractivity contribution in [2.75, 3.05) is 0 Å². The second kappa shape index (κ2) is 11.1. The van der Waals surface area contributed by atoms with Crippen LogP contribution in [0.2, 0.25) is 0 Å². The van der Waals surface area contributed by atoms with Crippen LogP contribution >= 0.6 is 0 Å². The first-order valence-corrected chi connectivity index (χ1v) is 13.3. The summed E-state index contributed by atoms with van der Waals surface area (Å²) in [5.41, 5.74) is 2.89. The molecule has 1 aliphatic heterocycles. The summed E-state index contributed by atoms with van der Waals surface area (Å²) in [7, 11) is 0. The first kappa shape index (κ1) is 24.9. The normalized spacial score (nSPS) is 21.0. The third kappa shape index (κ3) is 5.20. The number of hydrogen-bond donors (Lipinski definition) is 1. The Bertz CT molecular complexity index is 1290. The Morgan fingerprint density at radius 3 is 2.35 bits per heavy atom. The maximum atomic E-state index is 13.7. The fourth-order valence-corrected chi connectivity index (χ4v) is 5.84. The van der Waals surface area contributed by atoms with E-state index >= 15 is 0 Å². The number of rotatable bonds is 7. The highest BCUT2D eigenvalue weighted by Crippen LogP contribution is 2.50. The Kier molecular flexibility index (Phi) is 7.45. The van der Waals surface area contributed by atoms with E-state index in [1.165, 1.54) is 6.42 Å². The summed E-state index contributed by atoms with van der Waals surface area (Å²) < 4.78 is 12.4. The average molecular weight is 495 g/mol. The molecule has 0 saturated heterocycles. The van der Waals surface area contributed by atoms with Crippen molar-refractivity contribution >= 4 is 11.5 Å². The lowest BCUT2D eigenvalue weighted by Crippen LogP contribution is -2.44. The molecule has 1 heterocycles. The summed E-state index contributed by atoms with van der Waals surface area (Å²) >= 11 is 0. The van der Waals surface area contributed by atoms with Gasteiger partial charge >= 0.3 is 5.97 Å². The van der Waals surface area contributed by atoms with Gasteiger partial charge in [0.05, 0.1) is 6.42 Å². The Morgan fingerprint density at radius 2 is 1.68 bits per heavy atom. The van der Waals surface area contributed by atoms with E-state index in [0.717, 1.165) is 42.4 Å². The van der Waals surface area contributed by atoms with Crippen LogP contribution in [0.15, 0.2) is 102 Å². The number of hydrogen-bond acceptors (Lipinski definition) is 4. The lowest BCUT2D eigenvalue weighted by Gasteiger charge is -2.44. The van der Waals surface area contributed by atoms with E-state index in [4.69, 9.17) is 9.47 Å². The third-order valence-electron chi connectivity index (χ3n) is 7.68. The summed E-state index contributed by atoms with van der Waals surface area (Å²) in [6.45, 7) is 2.33. The minimum Gasteiger partial charge on any atom is -0.511 e. The average Bonchev–Trinajstić information content (AvgIpc) is 2.95. The highest BCUT2D eigenvalue weighted by molar-refractivity contribution is 6.07. The minimum absolute atomic E-state index is 0.0920. The quantitative estimate of drug-likeness (QED) is 0.339. The van der Waals surface area contributed by atoms with Gasteiger partial charge in [0.15, 0.2) is 0 Å². The Balaban J connectivity index is 1.46. The van der Waals surface area contributed by atoms with E-state index in [9.17, 15) is 9.90 Å². The molecule has 1 atom stereocenters. The van der Waals surface area contributed by atoms with Crippen LogP contribution in [0, 0.1) is 5.92 Å². The third-order valence-corrected chi connectivity index (χ3v) is 7.68. The monoisotopic (exact) mass is 494 g/mol. The zero-order valence-corrected chi connectivity index (χ0v) is 21.4. The molecule has 3 aromatic rings. The van der Waals surface area contributed by atoms with Crippen molar-refractivity contribution in [3.63, 3.8) is 0 Å². The van der Waals surface area contributed by atoms with E-state index in [1.54, 1.807) is 0 Å². The second-order valence-electron chi connectivity index (χ2n) is 9.98. The highest BCUT2D eigenvalue weighted by atomic mass is 16.6. The van der Waals surface area contributed by atoms with Gasteiger partial charge in [-0.1, -0.05) is 98.1 Å². The maximum Gasteiger partial charge on any atom is 0.343 e. The van der Waals surface area contributed by atoms with E-state index in [0.29, 0.717) is 17.9 Å². The fraction of sp³-hybridized carbons (Fsp3) is 0.303. The molecule has 1 aliphatic carbocycles. The SMILES string of the molecule is CC=C(C1=C(O)CC(c2ccccc2)(C2CCCCC2)OC1=O)c1cccc(OCc2ccccc2)c1. The van der Waals surface area contributed by atoms with Crippen molar-refractivity contribution < 1.29 is 19.4 Å². The molecule has 37 heavy (non-hydrogen) atoms. The van der Waals surface area contributed by atoms with Crippen LogP contribution < -0.4 is 4.74 Å². The van der Waals surface area contributed by atoms with E-state index in [-0.39, 0.29) is 23.7 Å². The van der Waals surface area contributed by atoms with Crippen LogP contribution in [0.25, 0.3) is 5.57 Å². The van der Waals surface area contributed by atoms with Crippen molar-refractivity contribution in [2.45, 2.75) is 57.7 Å². The van der Waals surface area contributed by atoms with Crippen LogP contribution in [0.4, 0.5) is 0 Å². The van der Waals surface area contributed by atoms with Crippen molar-refractivity contribution in [1.29, 1.82) is 0 Å². The van der Waals surface area contributed by atoms with Gasteiger partial charge in [-0.25, -0.2) is 4.79 Å². The van der Waals surface area contributed by atoms with Gasteiger partial charge in [0, 0.05) is 5.92 Å². The molecule has 190 valence electrons. The van der Waals surface area contributed by atoms with Gasteiger partial charge in [-0.2, -0.15) is 0 Å². The van der Waals surface area contributed by atoms with Crippen LogP contribution in [0.5, 0.6) is 5.75 Å². The number of esters is 1. The Labute approximate surface area is 219 Å². The Hall–Kier alpha value is -3.79. The number of carbonyl (C=O) groups excluding carboxylic acids is 1. The topological polar surface area (TPSA) is 55.8 Å². The van der Waals surface area contributed by atoms with Crippen LogP contribution in [0.3, 0.4) is 0 Å². The van der Waals surface area contributed by atoms with E-state index in [2.05, 4.69) is 0 Å². The van der Waals surface area contributed by atoms with Gasteiger partial charge < -0.3 is 14.6 Å². The summed E-state index contributed by atoms with van der Waals surface area (Å²) in [4.78, 5) is 13.7. The fourth-order valence-electron chi connectivity index (χ4n) is 5.84. The number of benzene rings is 3. The molecule has 1 N–H and O–H groups in total. The van der Waals surface area contributed by atoms with Gasteiger partial charge in [-0.15, -0.1) is 0 Å². The van der Waals surface area contributed by atoms with Gasteiger partial charge in [-0.05, 0) is 54.2 Å². The van der Waals surface area contributed by atoms with Crippen LogP contribution in [0.1, 0.15) is 62.1 Å². The van der Waals surface area contributed by atoms with Crippen molar-refractivity contribution in [3.8, 4) is 5.75 Å². The van der Waals surface area contributed by atoms with Gasteiger partial charge in [0.25, 0.3) is 0 Å². The van der Waals surface area contributed by atoms with Crippen molar-refractivity contribution in [1.82, 2.24) is 0 Å².